The summed E-state index contributed by atoms with van der Waals surface area (Å²) in [5.41, 5.74) is 2.25. The molecule has 2 saturated heterocycles. The zero-order valence-corrected chi connectivity index (χ0v) is 16.6. The van der Waals surface area contributed by atoms with Gasteiger partial charge in [-0.3, -0.25) is 0 Å². The second kappa shape index (κ2) is 6.74. The van der Waals surface area contributed by atoms with Crippen molar-refractivity contribution >= 4 is 24.8 Å². The van der Waals surface area contributed by atoms with Crippen molar-refractivity contribution in [3.8, 4) is 0 Å². The molecule has 2 aromatic heterocycles. The monoisotopic (exact) mass is 359 g/mol. The number of nitrogens with zero attached hydrogens (tertiary/aromatic N) is 3. The highest BCUT2D eigenvalue weighted by Crippen LogP contribution is 2.33. The molecular formula is C19H29N3O2Si. The zero-order chi connectivity index (χ0) is 17.4. The Kier molecular flexibility index (Phi) is 4.60. The number of pyridine rings is 1. The van der Waals surface area contributed by atoms with Crippen molar-refractivity contribution < 1.29 is 9.47 Å². The van der Waals surface area contributed by atoms with Crippen LogP contribution in [0.15, 0.2) is 24.5 Å². The van der Waals surface area contributed by atoms with Crippen LogP contribution in [0.1, 0.15) is 0 Å². The lowest BCUT2D eigenvalue weighted by atomic mass is 10.0. The molecule has 2 atom stereocenters. The molecule has 2 aliphatic heterocycles. The quantitative estimate of drug-likeness (QED) is 0.585. The molecule has 0 radical (unpaired) electrons. The van der Waals surface area contributed by atoms with Crippen LogP contribution in [0, 0.1) is 11.8 Å². The molecule has 2 aromatic rings. The average Bonchev–Trinajstić information content (AvgIpc) is 3.24. The van der Waals surface area contributed by atoms with Crippen LogP contribution in [0.5, 0.6) is 0 Å². The van der Waals surface area contributed by atoms with E-state index in [2.05, 4.69) is 47.4 Å². The Morgan fingerprint density at radius 3 is 2.72 bits per heavy atom. The standard InChI is InChI=1S/C19H29N3O2Si/c1-25(2,3)7-6-23-14-21-5-4-15-8-18(9-20-19(15)21)22-10-16-12-24-13-17(16)11-22/h4-5,8-9,16-17H,6-7,10-14H2,1-3H3/t16-,17?/m0/s1. The second-order valence-electron chi connectivity index (χ2n) is 8.70. The summed E-state index contributed by atoms with van der Waals surface area (Å²) in [6, 6.07) is 5.61. The minimum absolute atomic E-state index is 0.589. The number of fused-ring (bicyclic) bond motifs is 2. The van der Waals surface area contributed by atoms with E-state index in [1.807, 2.05) is 6.20 Å². The Labute approximate surface area is 150 Å². The molecule has 2 aliphatic rings. The summed E-state index contributed by atoms with van der Waals surface area (Å²) in [4.78, 5) is 7.19. The van der Waals surface area contributed by atoms with Crippen LogP contribution in [-0.2, 0) is 16.2 Å². The lowest BCUT2D eigenvalue weighted by Gasteiger charge is -2.19. The first-order chi connectivity index (χ1) is 12.0. The van der Waals surface area contributed by atoms with Gasteiger partial charge in [-0.15, -0.1) is 0 Å². The minimum atomic E-state index is -1.03. The normalized spacial score (nSPS) is 23.6. The van der Waals surface area contributed by atoms with Gasteiger partial charge in [-0.25, -0.2) is 4.98 Å². The van der Waals surface area contributed by atoms with E-state index < -0.39 is 8.07 Å². The van der Waals surface area contributed by atoms with Crippen molar-refractivity contribution in [2.45, 2.75) is 32.4 Å². The fraction of sp³-hybridized carbons (Fsp3) is 0.632. The molecule has 136 valence electrons. The van der Waals surface area contributed by atoms with Crippen molar-refractivity contribution in [3.05, 3.63) is 24.5 Å². The largest absolute Gasteiger partial charge is 0.381 e. The lowest BCUT2D eigenvalue weighted by molar-refractivity contribution is 0.0899. The van der Waals surface area contributed by atoms with Crippen LogP contribution < -0.4 is 4.90 Å². The SMILES string of the molecule is C[Si](C)(C)CCOCn1ccc2cc(N3CC4COC[C@@H]4C3)cnc21. The Hall–Kier alpha value is -1.37. The molecular weight excluding hydrogens is 330 g/mol. The molecule has 0 amide bonds. The maximum absolute atomic E-state index is 5.88. The van der Waals surface area contributed by atoms with Gasteiger partial charge in [0, 0.05) is 51.2 Å². The first kappa shape index (κ1) is 17.1. The number of ether oxygens (including phenoxy) is 2. The van der Waals surface area contributed by atoms with E-state index >= 15 is 0 Å². The summed E-state index contributed by atoms with van der Waals surface area (Å²) in [6.45, 7) is 12.6. The fourth-order valence-electron chi connectivity index (χ4n) is 3.78. The van der Waals surface area contributed by atoms with E-state index in [0.29, 0.717) is 18.6 Å². The summed E-state index contributed by atoms with van der Waals surface area (Å²) >= 11 is 0. The first-order valence-corrected chi connectivity index (χ1v) is 13.1. The van der Waals surface area contributed by atoms with Crippen molar-refractivity contribution in [1.82, 2.24) is 9.55 Å². The Bertz CT molecular complexity index is 728. The molecule has 2 fully saturated rings. The first-order valence-electron chi connectivity index (χ1n) is 9.35. The zero-order valence-electron chi connectivity index (χ0n) is 15.6. The molecule has 1 unspecified atom stereocenters. The molecule has 0 aliphatic carbocycles. The van der Waals surface area contributed by atoms with Gasteiger partial charge in [-0.2, -0.15) is 0 Å². The van der Waals surface area contributed by atoms with Crippen LogP contribution in [0.25, 0.3) is 11.0 Å². The number of aromatic nitrogens is 2. The number of rotatable bonds is 6. The van der Waals surface area contributed by atoms with E-state index in [9.17, 15) is 0 Å². The maximum Gasteiger partial charge on any atom is 0.141 e. The van der Waals surface area contributed by atoms with Crippen molar-refractivity contribution in [2.75, 3.05) is 37.8 Å². The number of anilines is 1. The third-order valence-electron chi connectivity index (χ3n) is 5.42. The highest BCUT2D eigenvalue weighted by Gasteiger charge is 2.37. The van der Waals surface area contributed by atoms with Gasteiger partial charge in [0.1, 0.15) is 12.4 Å². The topological polar surface area (TPSA) is 39.5 Å². The molecule has 5 nitrogen and oxygen atoms in total. The van der Waals surface area contributed by atoms with Gasteiger partial charge >= 0.3 is 0 Å². The second-order valence-corrected chi connectivity index (χ2v) is 14.3. The number of hydrogen-bond donors (Lipinski definition) is 0. The third kappa shape index (κ3) is 3.76. The van der Waals surface area contributed by atoms with Crippen LogP contribution in [0.2, 0.25) is 25.7 Å². The smallest absolute Gasteiger partial charge is 0.141 e. The Balaban J connectivity index is 1.41. The van der Waals surface area contributed by atoms with Crippen molar-refractivity contribution in [2.24, 2.45) is 11.8 Å². The predicted octanol–water partition coefficient (Wildman–Crippen LogP) is 3.43. The minimum Gasteiger partial charge on any atom is -0.381 e. The van der Waals surface area contributed by atoms with Gasteiger partial charge in [-0.1, -0.05) is 19.6 Å². The van der Waals surface area contributed by atoms with E-state index in [-0.39, 0.29) is 0 Å². The van der Waals surface area contributed by atoms with Gasteiger partial charge in [0.15, 0.2) is 0 Å². The molecule has 6 heteroatoms. The maximum atomic E-state index is 5.88. The molecule has 0 spiro atoms. The van der Waals surface area contributed by atoms with Crippen LogP contribution in [0.3, 0.4) is 0 Å². The van der Waals surface area contributed by atoms with Gasteiger partial charge in [0.25, 0.3) is 0 Å². The van der Waals surface area contributed by atoms with E-state index in [0.717, 1.165) is 38.6 Å². The summed E-state index contributed by atoms with van der Waals surface area (Å²) < 4.78 is 13.6. The number of hydrogen-bond acceptors (Lipinski definition) is 4. The van der Waals surface area contributed by atoms with Gasteiger partial charge in [0.05, 0.1) is 25.1 Å². The van der Waals surface area contributed by atoms with Crippen LogP contribution >= 0.6 is 0 Å². The highest BCUT2D eigenvalue weighted by atomic mass is 28.3. The Morgan fingerprint density at radius 2 is 2.00 bits per heavy atom. The van der Waals surface area contributed by atoms with Gasteiger partial charge < -0.3 is 18.9 Å². The summed E-state index contributed by atoms with van der Waals surface area (Å²) in [6.07, 6.45) is 4.10. The molecule has 25 heavy (non-hydrogen) atoms. The summed E-state index contributed by atoms with van der Waals surface area (Å²) in [7, 11) is -1.03. The van der Waals surface area contributed by atoms with Crippen molar-refractivity contribution in [3.63, 3.8) is 0 Å². The predicted molar refractivity (Wildman–Crippen MR) is 104 cm³/mol. The van der Waals surface area contributed by atoms with Gasteiger partial charge in [-0.05, 0) is 18.2 Å². The highest BCUT2D eigenvalue weighted by molar-refractivity contribution is 6.76. The van der Waals surface area contributed by atoms with Crippen LogP contribution in [-0.4, -0.2) is 50.5 Å². The summed E-state index contributed by atoms with van der Waals surface area (Å²) in [5.74, 6) is 1.39. The summed E-state index contributed by atoms with van der Waals surface area (Å²) in [5, 5.41) is 1.19. The molecule has 4 rings (SSSR count). The molecule has 4 heterocycles. The lowest BCUT2D eigenvalue weighted by Crippen LogP contribution is -2.22. The van der Waals surface area contributed by atoms with Crippen molar-refractivity contribution in [1.29, 1.82) is 0 Å². The third-order valence-corrected chi connectivity index (χ3v) is 7.12. The molecule has 0 bridgehead atoms. The van der Waals surface area contributed by atoms with Crippen LogP contribution in [0.4, 0.5) is 5.69 Å². The van der Waals surface area contributed by atoms with Gasteiger partial charge in [0.2, 0.25) is 0 Å². The molecule has 0 N–H and O–H groups in total. The van der Waals surface area contributed by atoms with E-state index in [1.54, 1.807) is 0 Å². The van der Waals surface area contributed by atoms with E-state index in [1.165, 1.54) is 17.1 Å². The fourth-order valence-corrected chi connectivity index (χ4v) is 4.54. The van der Waals surface area contributed by atoms with E-state index in [4.69, 9.17) is 14.5 Å². The molecule has 0 saturated carbocycles. The Morgan fingerprint density at radius 1 is 1.24 bits per heavy atom. The molecule has 0 aromatic carbocycles. The average molecular weight is 360 g/mol.